The third-order valence-corrected chi connectivity index (χ3v) is 12.7. The second-order valence-electron chi connectivity index (χ2n) is 31.4. The topological polar surface area (TPSA) is 0 Å². The molecule has 0 saturated heterocycles. The molecule has 96 heavy (non-hydrogen) atoms. The summed E-state index contributed by atoms with van der Waals surface area (Å²) in [5.74, 6) is 3.66. The zero-order valence-corrected chi connectivity index (χ0v) is 71.6. The summed E-state index contributed by atoms with van der Waals surface area (Å²) in [5, 5.41) is 8.20. The molecule has 0 aromatic heterocycles. The molecular formula is C96H164. The van der Waals surface area contributed by atoms with Gasteiger partial charge >= 0.3 is 0 Å². The van der Waals surface area contributed by atoms with Crippen LogP contribution < -0.4 is 0 Å². The van der Waals surface area contributed by atoms with Gasteiger partial charge in [0.05, 0.1) is 0 Å². The van der Waals surface area contributed by atoms with Gasteiger partial charge in [0, 0.05) is 0 Å². The summed E-state index contributed by atoms with van der Waals surface area (Å²) >= 11 is 0. The van der Waals surface area contributed by atoms with Crippen LogP contribution in [0.1, 0.15) is 336 Å². The van der Waals surface area contributed by atoms with E-state index in [0.717, 1.165) is 17.8 Å². The van der Waals surface area contributed by atoms with E-state index in [1.807, 2.05) is 75.3 Å². The molecule has 0 aliphatic carbocycles. The Labute approximate surface area is 603 Å². The number of hydrogen-bond donors (Lipinski definition) is 0. The lowest BCUT2D eigenvalue weighted by molar-refractivity contribution is 0.320. The average molecular weight is 1320 g/mol. The van der Waals surface area contributed by atoms with Crippen molar-refractivity contribution in [1.82, 2.24) is 0 Å². The molecule has 0 atom stereocenters. The van der Waals surface area contributed by atoms with Crippen molar-refractivity contribution in [2.75, 3.05) is 0 Å². The van der Waals surface area contributed by atoms with E-state index in [9.17, 15) is 0 Å². The Balaban J connectivity index is -0.000000185. The first-order chi connectivity index (χ1) is 44.7. The van der Waals surface area contributed by atoms with Crippen LogP contribution in [-0.2, 0) is 17.3 Å². The maximum Gasteiger partial charge on any atom is -0.0126 e. The molecule has 0 amide bonds. The first-order valence-corrected chi connectivity index (χ1v) is 38.2. The van der Waals surface area contributed by atoms with Gasteiger partial charge in [0.15, 0.2) is 0 Å². The predicted molar refractivity (Wildman–Crippen MR) is 456 cm³/mol. The molecular weight excluding hydrogens is 1150 g/mol. The molecule has 0 nitrogen and oxygen atoms in total. The summed E-state index contributed by atoms with van der Waals surface area (Å²) in [5.41, 5.74) is 9.23. The molecule has 0 heterocycles. The van der Waals surface area contributed by atoms with Crippen LogP contribution in [0.4, 0.5) is 0 Å². The van der Waals surface area contributed by atoms with Crippen LogP contribution >= 0.6 is 0 Å². The Kier molecular flexibility index (Phi) is 65.8. The van der Waals surface area contributed by atoms with E-state index in [1.54, 1.807) is 0 Å². The van der Waals surface area contributed by atoms with Crippen LogP contribution in [-0.4, -0.2) is 0 Å². The van der Waals surface area contributed by atoms with E-state index in [1.165, 1.54) is 85.8 Å². The smallest absolute Gasteiger partial charge is 0.0126 e. The van der Waals surface area contributed by atoms with Gasteiger partial charge in [0.25, 0.3) is 0 Å². The normalized spacial score (nSPS) is 10.3. The molecule has 0 aliphatic heterocycles. The fraction of sp³-hybridized carbons (Fsp3) is 0.562. The van der Waals surface area contributed by atoms with Crippen LogP contribution in [0.15, 0.2) is 188 Å². The second-order valence-corrected chi connectivity index (χ2v) is 31.4. The fourth-order valence-electron chi connectivity index (χ4n) is 8.54. The minimum Gasteiger partial charge on any atom is -0.0683 e. The molecule has 8 aromatic carbocycles. The van der Waals surface area contributed by atoms with Gasteiger partial charge in [-0.2, -0.15) is 0 Å². The van der Waals surface area contributed by atoms with Gasteiger partial charge in [-0.1, -0.05) is 478 Å². The average Bonchev–Trinajstić information content (AvgIpc) is 0.924. The standard InChI is InChI=1S/2C14H16.C13H14.C10H14.C9H12.C8H18.C6H14.C5H12.C4H10.C3H8.5C2H6/c1-14(2,3)13-10-6-8-11-7-4-5-9-12(11)13;1-11(2)10-13-8-5-7-12-6-3-4-9-14(12)13;1-10(2)12-9-5-7-11-6-3-4-8-13(11)12;1-10(2,3)9-7-5-4-6-8-9;1-8(2)9-6-4-3-5-7-9;1-7(2)6-8(3,4)5;1-5-6(2,3)4;1-5(2,3)4;1-4(2)3;1-3-2;5*1-2/h4-10H,1-3H3;3-9,11H,10H2,1-2H3;3-10H,1-2H3;4-8H,1-3H3;3-8H,1-2H3;7H,6H2,1-5H3;5H2,1-4H3;1-4H3;4H,1-3H3;3H2,1-2H3;5*1-2H3. The first-order valence-electron chi connectivity index (χ1n) is 38.2. The van der Waals surface area contributed by atoms with Gasteiger partial charge in [0.1, 0.15) is 0 Å². The lowest BCUT2D eigenvalue weighted by Gasteiger charge is -2.21. The van der Waals surface area contributed by atoms with Crippen molar-refractivity contribution < 1.29 is 0 Å². The minimum atomic E-state index is 0.223. The third-order valence-electron chi connectivity index (χ3n) is 12.7. The van der Waals surface area contributed by atoms with Gasteiger partial charge in [-0.15, -0.1) is 0 Å². The number of fused-ring (bicyclic) bond motifs is 3. The second kappa shape index (κ2) is 60.7. The number of benzene rings is 8. The molecule has 0 aliphatic rings. The highest BCUT2D eigenvalue weighted by molar-refractivity contribution is 5.87. The van der Waals surface area contributed by atoms with Gasteiger partial charge in [-0.3, -0.25) is 0 Å². The maximum absolute atomic E-state index is 2.28. The highest BCUT2D eigenvalue weighted by Crippen LogP contribution is 2.30. The molecule has 0 radical (unpaired) electrons. The molecule has 548 valence electrons. The molecule has 0 fully saturated rings. The van der Waals surface area contributed by atoms with Crippen LogP contribution in [0.25, 0.3) is 32.3 Å². The third kappa shape index (κ3) is 60.9. The van der Waals surface area contributed by atoms with Crippen molar-refractivity contribution in [2.24, 2.45) is 34.0 Å². The Morgan fingerprint density at radius 1 is 0.302 bits per heavy atom. The lowest BCUT2D eigenvalue weighted by Crippen LogP contribution is -2.11. The van der Waals surface area contributed by atoms with Crippen molar-refractivity contribution >= 4 is 32.3 Å². The SMILES string of the molecule is CC.CC.CC.CC.CC.CC(C)(C)C.CC(C)(C)c1cccc2ccccc12.CC(C)(C)c1ccccc1.CC(C)C.CC(C)CC(C)(C)C.CC(C)Cc1cccc2ccccc12.CC(C)c1cccc2ccccc12.CC(C)c1ccccc1.CCC.CCC(C)(C)C. The molecule has 0 saturated carbocycles. The quantitative estimate of drug-likeness (QED) is 0.161. The van der Waals surface area contributed by atoms with Crippen LogP contribution in [0.3, 0.4) is 0 Å². The van der Waals surface area contributed by atoms with Gasteiger partial charge in [-0.25, -0.2) is 0 Å². The molecule has 8 aromatic rings. The van der Waals surface area contributed by atoms with Crippen LogP contribution in [0.2, 0.25) is 0 Å². The zero-order chi connectivity index (χ0) is 76.5. The summed E-state index contributed by atoms with van der Waals surface area (Å²) in [7, 11) is 0. The van der Waals surface area contributed by atoms with E-state index >= 15 is 0 Å². The summed E-state index contributed by atoms with van der Waals surface area (Å²) in [6.45, 7) is 86.7. The minimum absolute atomic E-state index is 0.223. The molecule has 0 N–H and O–H groups in total. The molecule has 0 heteroatoms. The highest BCUT2D eigenvalue weighted by Gasteiger charge is 2.16. The highest BCUT2D eigenvalue weighted by atomic mass is 14.2. The molecule has 0 unspecified atom stereocenters. The van der Waals surface area contributed by atoms with Gasteiger partial charge in [0.2, 0.25) is 0 Å². The zero-order valence-electron chi connectivity index (χ0n) is 71.6. The molecule has 8 rings (SSSR count). The summed E-state index contributed by atoms with van der Waals surface area (Å²) < 4.78 is 0. The van der Waals surface area contributed by atoms with Crippen LogP contribution in [0.5, 0.6) is 0 Å². The first kappa shape index (κ1) is 104. The summed E-state index contributed by atoms with van der Waals surface area (Å²) in [6, 6.07) is 66.4. The number of hydrogen-bond acceptors (Lipinski definition) is 0. The van der Waals surface area contributed by atoms with Crippen molar-refractivity contribution in [3.05, 3.63) is 216 Å². The summed E-state index contributed by atoms with van der Waals surface area (Å²) in [6.07, 6.45) is 5.02. The number of rotatable bonds is 5. The Morgan fingerprint density at radius 3 is 0.896 bits per heavy atom. The van der Waals surface area contributed by atoms with E-state index < -0.39 is 0 Å². The fourth-order valence-corrected chi connectivity index (χ4v) is 8.54. The van der Waals surface area contributed by atoms with Crippen molar-refractivity contribution in [1.29, 1.82) is 0 Å². The maximum atomic E-state index is 2.28. The molecule has 0 bridgehead atoms. The Morgan fingerprint density at radius 2 is 0.604 bits per heavy atom. The summed E-state index contributed by atoms with van der Waals surface area (Å²) in [4.78, 5) is 0. The van der Waals surface area contributed by atoms with Gasteiger partial charge < -0.3 is 0 Å². The van der Waals surface area contributed by atoms with E-state index in [4.69, 9.17) is 0 Å². The monoisotopic (exact) mass is 1320 g/mol. The van der Waals surface area contributed by atoms with E-state index in [-0.39, 0.29) is 5.41 Å². The van der Waals surface area contributed by atoms with Gasteiger partial charge in [-0.05, 0) is 130 Å². The lowest BCUT2D eigenvalue weighted by atomic mass is 9.84. The van der Waals surface area contributed by atoms with Crippen molar-refractivity contribution in [3.8, 4) is 0 Å². The largest absolute Gasteiger partial charge is 0.0683 e. The van der Waals surface area contributed by atoms with Crippen LogP contribution in [0, 0.1) is 34.0 Å². The Bertz CT molecular complexity index is 2860. The Hall–Kier alpha value is -5.46. The van der Waals surface area contributed by atoms with E-state index in [0.29, 0.717) is 33.5 Å². The predicted octanol–water partition coefficient (Wildman–Crippen LogP) is 33.7. The van der Waals surface area contributed by atoms with E-state index in [2.05, 4.69) is 390 Å². The molecule has 0 spiro atoms. The van der Waals surface area contributed by atoms with Crippen molar-refractivity contribution in [2.45, 2.75) is 325 Å². The van der Waals surface area contributed by atoms with Crippen molar-refractivity contribution in [3.63, 3.8) is 0 Å².